The second-order valence-electron chi connectivity index (χ2n) is 4.13. The Labute approximate surface area is 121 Å². The van der Waals surface area contributed by atoms with Crippen LogP contribution in [0.2, 0.25) is 0 Å². The van der Waals surface area contributed by atoms with E-state index in [0.29, 0.717) is 11.1 Å². The normalized spacial score (nSPS) is 11.7. The number of aromatic amines is 1. The molecule has 0 spiro atoms. The van der Waals surface area contributed by atoms with Gasteiger partial charge in [0.25, 0.3) is 0 Å². The van der Waals surface area contributed by atoms with Gasteiger partial charge in [-0.15, -0.1) is 5.10 Å². The number of hydrogen-bond acceptors (Lipinski definition) is 5. The molecule has 1 heterocycles. The molecule has 0 atom stereocenters. The molecule has 2 rings (SSSR count). The minimum absolute atomic E-state index is 0.262. The summed E-state index contributed by atoms with van der Waals surface area (Å²) in [6.07, 6.45) is 1.07. The minimum Gasteiger partial charge on any atom is -0.245 e. The van der Waals surface area contributed by atoms with Crippen LogP contribution in [0.15, 0.2) is 34.5 Å². The maximum atomic E-state index is 12.8. The zero-order chi connectivity index (χ0) is 14.4. The Kier molecular flexibility index (Phi) is 5.11. The van der Waals surface area contributed by atoms with Crippen molar-refractivity contribution in [2.24, 2.45) is 5.10 Å². The molecule has 0 saturated heterocycles. The molecule has 0 unspecified atom stereocenters. The van der Waals surface area contributed by atoms with Crippen LogP contribution in [0, 0.1) is 5.82 Å². The summed E-state index contributed by atoms with van der Waals surface area (Å²) in [5.74, 6) is 1.21. The molecule has 5 nitrogen and oxygen atoms in total. The molecule has 0 bridgehead atoms. The lowest BCUT2D eigenvalue weighted by Crippen LogP contribution is -2.00. The van der Waals surface area contributed by atoms with Gasteiger partial charge >= 0.3 is 0 Å². The molecule has 0 amide bonds. The number of benzene rings is 1. The van der Waals surface area contributed by atoms with E-state index in [1.54, 1.807) is 23.9 Å². The second-order valence-corrected chi connectivity index (χ2v) is 5.19. The van der Waals surface area contributed by atoms with Crippen molar-refractivity contribution in [3.05, 3.63) is 35.6 Å². The lowest BCUT2D eigenvalue weighted by atomic mass is 10.1. The van der Waals surface area contributed by atoms with Crippen LogP contribution in [0.3, 0.4) is 0 Å². The van der Waals surface area contributed by atoms with Crippen molar-refractivity contribution in [2.45, 2.75) is 25.4 Å². The average molecular weight is 293 g/mol. The lowest BCUT2D eigenvalue weighted by Gasteiger charge is -2.00. The molecular formula is C13H16FN5S. The number of hydrogen-bond donors (Lipinski definition) is 2. The summed E-state index contributed by atoms with van der Waals surface area (Å²) in [4.78, 5) is 4.25. The Morgan fingerprint density at radius 3 is 2.85 bits per heavy atom. The average Bonchev–Trinajstić information content (AvgIpc) is 2.91. The number of hydrazone groups is 1. The Hall–Kier alpha value is -1.89. The van der Waals surface area contributed by atoms with Crippen molar-refractivity contribution in [3.8, 4) is 0 Å². The fourth-order valence-corrected chi connectivity index (χ4v) is 2.10. The molecule has 0 aliphatic heterocycles. The van der Waals surface area contributed by atoms with Crippen molar-refractivity contribution < 1.29 is 4.39 Å². The van der Waals surface area contributed by atoms with Gasteiger partial charge in [0.05, 0.1) is 5.71 Å². The predicted octanol–water partition coefficient (Wildman–Crippen LogP) is 3.28. The molecule has 0 aliphatic rings. The second kappa shape index (κ2) is 7.04. The number of nitrogens with one attached hydrogen (secondary N) is 2. The monoisotopic (exact) mass is 293 g/mol. The van der Waals surface area contributed by atoms with E-state index in [-0.39, 0.29) is 5.82 Å². The topological polar surface area (TPSA) is 66.0 Å². The number of rotatable bonds is 6. The summed E-state index contributed by atoms with van der Waals surface area (Å²) in [5, 5.41) is 11.7. The Morgan fingerprint density at radius 2 is 2.15 bits per heavy atom. The van der Waals surface area contributed by atoms with Crippen LogP contribution in [0.4, 0.5) is 10.3 Å². The number of halogens is 1. The van der Waals surface area contributed by atoms with Crippen LogP contribution >= 0.6 is 11.8 Å². The molecule has 0 fully saturated rings. The third-order valence-electron chi connectivity index (χ3n) is 2.49. The first kappa shape index (κ1) is 14.5. The van der Waals surface area contributed by atoms with Gasteiger partial charge in [-0.25, -0.2) is 14.9 Å². The predicted molar refractivity (Wildman–Crippen MR) is 79.6 cm³/mol. The molecule has 0 radical (unpaired) electrons. The van der Waals surface area contributed by atoms with Crippen LogP contribution in [-0.4, -0.2) is 26.6 Å². The quantitative estimate of drug-likeness (QED) is 0.487. The summed E-state index contributed by atoms with van der Waals surface area (Å²) in [6, 6.07) is 6.17. The number of aromatic nitrogens is 3. The summed E-state index contributed by atoms with van der Waals surface area (Å²) >= 11 is 1.59. The maximum Gasteiger partial charge on any atom is 0.240 e. The number of H-pyrrole nitrogens is 1. The standard InChI is InChI=1S/C13H16FN5S/c1-3-8-20-13-15-12(18-19-13)17-16-9(2)10-4-6-11(14)7-5-10/h4-7H,3,8H2,1-2H3,(H2,15,17,18,19)/b16-9-. The molecule has 1 aromatic carbocycles. The zero-order valence-electron chi connectivity index (χ0n) is 11.4. The molecule has 0 saturated carbocycles. The molecule has 2 aromatic rings. The highest BCUT2D eigenvalue weighted by Crippen LogP contribution is 2.14. The molecule has 2 N–H and O–H groups in total. The van der Waals surface area contributed by atoms with Gasteiger partial charge in [0.2, 0.25) is 11.1 Å². The third kappa shape index (κ3) is 4.06. The van der Waals surface area contributed by atoms with E-state index in [0.717, 1.165) is 23.4 Å². The highest BCUT2D eigenvalue weighted by molar-refractivity contribution is 7.99. The highest BCUT2D eigenvalue weighted by atomic mass is 32.2. The number of anilines is 1. The van der Waals surface area contributed by atoms with Gasteiger partial charge < -0.3 is 0 Å². The van der Waals surface area contributed by atoms with Crippen LogP contribution in [0.1, 0.15) is 25.8 Å². The zero-order valence-corrected chi connectivity index (χ0v) is 12.2. The van der Waals surface area contributed by atoms with E-state index in [1.165, 1.54) is 12.1 Å². The minimum atomic E-state index is -0.262. The van der Waals surface area contributed by atoms with Crippen molar-refractivity contribution >= 4 is 23.4 Å². The smallest absolute Gasteiger partial charge is 0.240 e. The summed E-state index contributed by atoms with van der Waals surface area (Å²) < 4.78 is 12.8. The Balaban J connectivity index is 1.97. The summed E-state index contributed by atoms with van der Waals surface area (Å²) in [5.41, 5.74) is 4.39. The van der Waals surface area contributed by atoms with Gasteiger partial charge in [0.15, 0.2) is 0 Å². The van der Waals surface area contributed by atoms with Crippen molar-refractivity contribution in [1.82, 2.24) is 15.2 Å². The van der Waals surface area contributed by atoms with Gasteiger partial charge in [-0.3, -0.25) is 0 Å². The van der Waals surface area contributed by atoms with E-state index in [2.05, 4.69) is 32.6 Å². The van der Waals surface area contributed by atoms with E-state index < -0.39 is 0 Å². The highest BCUT2D eigenvalue weighted by Gasteiger charge is 2.03. The molecule has 20 heavy (non-hydrogen) atoms. The number of thioether (sulfide) groups is 1. The van der Waals surface area contributed by atoms with Crippen LogP contribution in [0.5, 0.6) is 0 Å². The summed E-state index contributed by atoms with van der Waals surface area (Å²) in [7, 11) is 0. The fourth-order valence-electron chi connectivity index (χ4n) is 1.45. The number of nitrogens with zero attached hydrogens (tertiary/aromatic N) is 3. The molecule has 1 aromatic heterocycles. The molecule has 7 heteroatoms. The molecule has 106 valence electrons. The van der Waals surface area contributed by atoms with Gasteiger partial charge in [-0.05, 0) is 31.0 Å². The SMILES string of the molecule is CCCSc1n[nH]c(N/N=C(/C)c2ccc(F)cc2)n1. The maximum absolute atomic E-state index is 12.8. The van der Waals surface area contributed by atoms with Gasteiger partial charge in [0, 0.05) is 5.75 Å². The van der Waals surface area contributed by atoms with E-state index in [1.807, 2.05) is 6.92 Å². The van der Waals surface area contributed by atoms with E-state index in [4.69, 9.17) is 0 Å². The first-order valence-electron chi connectivity index (χ1n) is 6.30. The third-order valence-corrected chi connectivity index (χ3v) is 3.54. The molecular weight excluding hydrogens is 277 g/mol. The summed E-state index contributed by atoms with van der Waals surface area (Å²) in [6.45, 7) is 3.94. The first-order chi connectivity index (χ1) is 9.69. The van der Waals surface area contributed by atoms with Gasteiger partial charge in [0.1, 0.15) is 5.82 Å². The van der Waals surface area contributed by atoms with E-state index >= 15 is 0 Å². The first-order valence-corrected chi connectivity index (χ1v) is 7.29. The van der Waals surface area contributed by atoms with Crippen LogP contribution < -0.4 is 5.43 Å². The van der Waals surface area contributed by atoms with E-state index in [9.17, 15) is 4.39 Å². The Bertz CT molecular complexity index is 579. The Morgan fingerprint density at radius 1 is 1.40 bits per heavy atom. The fraction of sp³-hybridized carbons (Fsp3) is 0.308. The van der Waals surface area contributed by atoms with Crippen molar-refractivity contribution in [1.29, 1.82) is 0 Å². The van der Waals surface area contributed by atoms with Gasteiger partial charge in [-0.1, -0.05) is 30.8 Å². The van der Waals surface area contributed by atoms with Gasteiger partial charge in [-0.2, -0.15) is 10.1 Å². The molecule has 0 aliphatic carbocycles. The largest absolute Gasteiger partial charge is 0.245 e. The van der Waals surface area contributed by atoms with Crippen molar-refractivity contribution in [2.75, 3.05) is 11.2 Å². The van der Waals surface area contributed by atoms with Crippen LogP contribution in [0.25, 0.3) is 0 Å². The lowest BCUT2D eigenvalue weighted by molar-refractivity contribution is 0.628. The van der Waals surface area contributed by atoms with Crippen LogP contribution in [-0.2, 0) is 0 Å². The van der Waals surface area contributed by atoms with Crippen molar-refractivity contribution in [3.63, 3.8) is 0 Å².